The van der Waals surface area contributed by atoms with Crippen LogP contribution in [-0.4, -0.2) is 22.5 Å². The number of hydrogen-bond donors (Lipinski definition) is 1. The summed E-state index contributed by atoms with van der Waals surface area (Å²) in [5.41, 5.74) is 0.608. The van der Waals surface area contributed by atoms with Crippen molar-refractivity contribution in [2.75, 3.05) is 6.61 Å². The Bertz CT molecular complexity index is 500. The molecule has 0 aliphatic rings. The SMILES string of the molecule is CCO/C(C)=C(/C)C(=O)N=c1ccccn1O. The number of carbonyl (C=O) groups excluding carboxylic acids is 1. The van der Waals surface area contributed by atoms with Crippen LogP contribution < -0.4 is 5.49 Å². The summed E-state index contributed by atoms with van der Waals surface area (Å²) < 4.78 is 6.02. The Morgan fingerprint density at radius 2 is 2.18 bits per heavy atom. The molecule has 5 heteroatoms. The summed E-state index contributed by atoms with van der Waals surface area (Å²) in [6, 6.07) is 4.87. The third kappa shape index (κ3) is 3.48. The van der Waals surface area contributed by atoms with Crippen LogP contribution in [0.5, 0.6) is 0 Å². The van der Waals surface area contributed by atoms with Gasteiger partial charge in [0.25, 0.3) is 5.91 Å². The van der Waals surface area contributed by atoms with E-state index in [1.165, 1.54) is 6.20 Å². The highest BCUT2D eigenvalue weighted by Gasteiger charge is 2.07. The molecule has 1 N–H and O–H groups in total. The molecule has 0 spiro atoms. The van der Waals surface area contributed by atoms with Crippen LogP contribution in [0.3, 0.4) is 0 Å². The standard InChI is InChI=1S/C12H16N2O3/c1-4-17-10(3)9(2)12(15)13-11-7-5-6-8-14(11)16/h5-8,16H,4H2,1-3H3/b10-9-,13-11?. The minimum Gasteiger partial charge on any atom is -0.498 e. The van der Waals surface area contributed by atoms with Gasteiger partial charge >= 0.3 is 0 Å². The molecular weight excluding hydrogens is 220 g/mol. The maximum absolute atomic E-state index is 11.8. The van der Waals surface area contributed by atoms with E-state index in [0.29, 0.717) is 17.9 Å². The van der Waals surface area contributed by atoms with E-state index in [9.17, 15) is 10.0 Å². The highest BCUT2D eigenvalue weighted by Crippen LogP contribution is 2.06. The Balaban J connectivity index is 3.05. The van der Waals surface area contributed by atoms with Crippen molar-refractivity contribution in [3.8, 4) is 0 Å². The van der Waals surface area contributed by atoms with Crippen LogP contribution >= 0.6 is 0 Å². The van der Waals surface area contributed by atoms with Crippen LogP contribution in [-0.2, 0) is 9.53 Å². The second kappa shape index (κ2) is 5.89. The summed E-state index contributed by atoms with van der Waals surface area (Å²) in [6.45, 7) is 5.70. The number of hydrogen-bond acceptors (Lipinski definition) is 3. The monoisotopic (exact) mass is 236 g/mol. The third-order valence-electron chi connectivity index (χ3n) is 2.24. The molecule has 0 aromatic carbocycles. The Morgan fingerprint density at radius 1 is 1.47 bits per heavy atom. The Labute approximate surface area is 99.6 Å². The average Bonchev–Trinajstić information content (AvgIpc) is 2.31. The molecule has 0 saturated heterocycles. The van der Waals surface area contributed by atoms with Gasteiger partial charge in [-0.25, -0.2) is 0 Å². The highest BCUT2D eigenvalue weighted by atomic mass is 16.5. The zero-order chi connectivity index (χ0) is 12.8. The predicted molar refractivity (Wildman–Crippen MR) is 62.2 cm³/mol. The quantitative estimate of drug-likeness (QED) is 0.491. The topological polar surface area (TPSA) is 63.8 Å². The minimum absolute atomic E-state index is 0.182. The molecule has 0 aliphatic heterocycles. The van der Waals surface area contributed by atoms with Gasteiger partial charge in [-0.1, -0.05) is 6.07 Å². The van der Waals surface area contributed by atoms with Gasteiger partial charge in [0.05, 0.1) is 12.2 Å². The number of amides is 1. The first-order chi connectivity index (χ1) is 8.06. The van der Waals surface area contributed by atoms with Crippen LogP contribution in [0.1, 0.15) is 20.8 Å². The number of pyridine rings is 1. The minimum atomic E-state index is -0.426. The highest BCUT2D eigenvalue weighted by molar-refractivity contribution is 5.93. The molecule has 0 fully saturated rings. The zero-order valence-corrected chi connectivity index (χ0v) is 10.2. The smallest absolute Gasteiger partial charge is 0.278 e. The summed E-state index contributed by atoms with van der Waals surface area (Å²) in [6.07, 6.45) is 1.40. The average molecular weight is 236 g/mol. The molecule has 1 rings (SSSR count). The first-order valence-electron chi connectivity index (χ1n) is 5.32. The van der Waals surface area contributed by atoms with Crippen molar-refractivity contribution in [1.82, 2.24) is 4.73 Å². The second-order valence-corrected chi connectivity index (χ2v) is 3.43. The van der Waals surface area contributed by atoms with Gasteiger partial charge in [0.1, 0.15) is 5.76 Å². The summed E-state index contributed by atoms with van der Waals surface area (Å²) in [5, 5.41) is 9.41. The van der Waals surface area contributed by atoms with Crippen molar-refractivity contribution >= 4 is 5.91 Å². The molecule has 0 atom stereocenters. The maximum atomic E-state index is 11.8. The molecule has 17 heavy (non-hydrogen) atoms. The molecule has 5 nitrogen and oxygen atoms in total. The van der Waals surface area contributed by atoms with E-state index >= 15 is 0 Å². The molecule has 1 amide bonds. The van der Waals surface area contributed by atoms with E-state index in [2.05, 4.69) is 4.99 Å². The third-order valence-corrected chi connectivity index (χ3v) is 2.24. The van der Waals surface area contributed by atoms with Crippen molar-refractivity contribution < 1.29 is 14.7 Å². The first kappa shape index (κ1) is 13.0. The van der Waals surface area contributed by atoms with Crippen LogP contribution in [0.25, 0.3) is 0 Å². The van der Waals surface area contributed by atoms with Crippen molar-refractivity contribution in [2.45, 2.75) is 20.8 Å². The Kier molecular flexibility index (Phi) is 4.51. The molecule has 0 unspecified atom stereocenters. The fourth-order valence-corrected chi connectivity index (χ4v) is 1.18. The molecule has 92 valence electrons. The normalized spacial score (nSPS) is 13.2. The lowest BCUT2D eigenvalue weighted by Gasteiger charge is -2.05. The van der Waals surface area contributed by atoms with Gasteiger partial charge in [0, 0.05) is 6.20 Å². The molecule has 0 aliphatic carbocycles. The van der Waals surface area contributed by atoms with Crippen LogP contribution in [0, 0.1) is 0 Å². The van der Waals surface area contributed by atoms with Crippen molar-refractivity contribution in [2.24, 2.45) is 4.99 Å². The predicted octanol–water partition coefficient (Wildman–Crippen LogP) is 1.48. The van der Waals surface area contributed by atoms with Gasteiger partial charge in [-0.2, -0.15) is 9.72 Å². The number of ether oxygens (including phenoxy) is 1. The largest absolute Gasteiger partial charge is 0.498 e. The van der Waals surface area contributed by atoms with E-state index in [4.69, 9.17) is 4.74 Å². The van der Waals surface area contributed by atoms with Crippen molar-refractivity contribution in [1.29, 1.82) is 0 Å². The molecule has 1 heterocycles. The molecule has 0 bridgehead atoms. The Morgan fingerprint density at radius 3 is 2.76 bits per heavy atom. The van der Waals surface area contributed by atoms with E-state index in [-0.39, 0.29) is 5.49 Å². The molecular formula is C12H16N2O3. The van der Waals surface area contributed by atoms with Gasteiger partial charge in [0.2, 0.25) is 0 Å². The second-order valence-electron chi connectivity index (χ2n) is 3.43. The van der Waals surface area contributed by atoms with E-state index < -0.39 is 5.91 Å². The van der Waals surface area contributed by atoms with Crippen molar-refractivity contribution in [3.05, 3.63) is 41.2 Å². The van der Waals surface area contributed by atoms with Crippen LogP contribution in [0.15, 0.2) is 40.7 Å². The summed E-state index contributed by atoms with van der Waals surface area (Å²) in [4.78, 5) is 15.5. The molecule has 1 aromatic rings. The van der Waals surface area contributed by atoms with Gasteiger partial charge in [0.15, 0.2) is 5.49 Å². The number of rotatable bonds is 3. The number of carbonyl (C=O) groups is 1. The van der Waals surface area contributed by atoms with E-state index in [0.717, 1.165) is 4.73 Å². The number of allylic oxidation sites excluding steroid dienone is 1. The fourth-order valence-electron chi connectivity index (χ4n) is 1.18. The Hall–Kier alpha value is -2.04. The van der Waals surface area contributed by atoms with Crippen molar-refractivity contribution in [3.63, 3.8) is 0 Å². The lowest BCUT2D eigenvalue weighted by molar-refractivity contribution is -0.115. The van der Waals surface area contributed by atoms with Gasteiger partial charge in [-0.3, -0.25) is 4.79 Å². The first-order valence-corrected chi connectivity index (χ1v) is 5.32. The van der Waals surface area contributed by atoms with E-state index in [1.54, 1.807) is 32.0 Å². The van der Waals surface area contributed by atoms with Crippen LogP contribution in [0.4, 0.5) is 0 Å². The summed E-state index contributed by atoms with van der Waals surface area (Å²) in [5.74, 6) is 0.117. The van der Waals surface area contributed by atoms with E-state index in [1.807, 2.05) is 6.92 Å². The fraction of sp³-hybridized carbons (Fsp3) is 0.333. The summed E-state index contributed by atoms with van der Waals surface area (Å²) in [7, 11) is 0. The molecule has 0 radical (unpaired) electrons. The summed E-state index contributed by atoms with van der Waals surface area (Å²) >= 11 is 0. The zero-order valence-electron chi connectivity index (χ0n) is 10.2. The lowest BCUT2D eigenvalue weighted by atomic mass is 10.2. The van der Waals surface area contributed by atoms with Gasteiger partial charge in [-0.05, 0) is 32.9 Å². The van der Waals surface area contributed by atoms with Gasteiger partial charge < -0.3 is 9.94 Å². The lowest BCUT2D eigenvalue weighted by Crippen LogP contribution is -2.19. The van der Waals surface area contributed by atoms with Gasteiger partial charge in [-0.15, -0.1) is 0 Å². The number of aromatic nitrogens is 1. The maximum Gasteiger partial charge on any atom is 0.278 e. The number of nitrogens with zero attached hydrogens (tertiary/aromatic N) is 2. The van der Waals surface area contributed by atoms with Crippen LogP contribution in [0.2, 0.25) is 0 Å². The molecule has 1 aromatic heterocycles. The molecule has 0 saturated carbocycles.